The highest BCUT2D eigenvalue weighted by atomic mass is 127. The van der Waals surface area contributed by atoms with Gasteiger partial charge in [0.1, 0.15) is 6.10 Å². The van der Waals surface area contributed by atoms with Gasteiger partial charge in [0.15, 0.2) is 5.96 Å². The molecule has 0 aliphatic carbocycles. The molecule has 0 bridgehead atoms. The number of aliphatic imine (C=N–C) groups is 1. The van der Waals surface area contributed by atoms with Crippen molar-refractivity contribution in [3.05, 3.63) is 0 Å². The lowest BCUT2D eigenvalue weighted by Crippen LogP contribution is -2.48. The average Bonchev–Trinajstić information content (AvgIpc) is 2.52. The Morgan fingerprint density at radius 1 is 1.38 bits per heavy atom. The molecule has 2 aliphatic heterocycles. The predicted molar refractivity (Wildman–Crippen MR) is 100 cm³/mol. The number of ether oxygens (including phenoxy) is 2. The zero-order valence-corrected chi connectivity index (χ0v) is 16.2. The first-order valence-corrected chi connectivity index (χ1v) is 8.72. The molecule has 0 saturated carbocycles. The molecule has 1 N–H and O–H groups in total. The number of nitrogens with one attached hydrogen (secondary N) is 1. The molecule has 21 heavy (non-hydrogen) atoms. The molecule has 2 saturated heterocycles. The van der Waals surface area contributed by atoms with Gasteiger partial charge in [0, 0.05) is 30.6 Å². The van der Waals surface area contributed by atoms with Gasteiger partial charge in [0.2, 0.25) is 0 Å². The SMILES string of the molecule is CCNC(=NCC1COCCO1)N1CCSC(CC)C1.I. The highest BCUT2D eigenvalue weighted by Gasteiger charge is 2.22. The van der Waals surface area contributed by atoms with Crippen molar-refractivity contribution in [3.8, 4) is 0 Å². The Bertz CT molecular complexity index is 315. The summed E-state index contributed by atoms with van der Waals surface area (Å²) in [6.07, 6.45) is 1.33. The van der Waals surface area contributed by atoms with Crippen LogP contribution in [0.3, 0.4) is 0 Å². The first kappa shape index (κ1) is 19.3. The van der Waals surface area contributed by atoms with Crippen molar-refractivity contribution < 1.29 is 9.47 Å². The second-order valence-electron chi connectivity index (χ2n) is 5.11. The van der Waals surface area contributed by atoms with Gasteiger partial charge in [0.05, 0.1) is 26.4 Å². The van der Waals surface area contributed by atoms with Crippen LogP contribution in [-0.2, 0) is 9.47 Å². The van der Waals surface area contributed by atoms with Crippen LogP contribution in [0.15, 0.2) is 4.99 Å². The summed E-state index contributed by atoms with van der Waals surface area (Å²) in [7, 11) is 0. The van der Waals surface area contributed by atoms with Gasteiger partial charge in [-0.25, -0.2) is 0 Å². The number of hydrogen-bond donors (Lipinski definition) is 1. The van der Waals surface area contributed by atoms with E-state index in [0.717, 1.165) is 30.8 Å². The van der Waals surface area contributed by atoms with Crippen molar-refractivity contribution in [1.82, 2.24) is 10.2 Å². The summed E-state index contributed by atoms with van der Waals surface area (Å²) in [6, 6.07) is 0. The highest BCUT2D eigenvalue weighted by Crippen LogP contribution is 2.21. The molecule has 0 aromatic heterocycles. The number of hydrogen-bond acceptors (Lipinski definition) is 4. The first-order valence-electron chi connectivity index (χ1n) is 7.67. The lowest BCUT2D eigenvalue weighted by molar-refractivity contribution is -0.0833. The molecule has 0 amide bonds. The van der Waals surface area contributed by atoms with Crippen molar-refractivity contribution in [3.63, 3.8) is 0 Å². The van der Waals surface area contributed by atoms with E-state index in [-0.39, 0.29) is 30.1 Å². The minimum atomic E-state index is 0. The lowest BCUT2D eigenvalue weighted by atomic mass is 10.3. The molecule has 0 aromatic rings. The third-order valence-electron chi connectivity index (χ3n) is 3.56. The predicted octanol–water partition coefficient (Wildman–Crippen LogP) is 1.81. The molecule has 0 aromatic carbocycles. The van der Waals surface area contributed by atoms with E-state index in [2.05, 4.69) is 35.8 Å². The highest BCUT2D eigenvalue weighted by molar-refractivity contribution is 14.0. The summed E-state index contributed by atoms with van der Waals surface area (Å²) in [5.74, 6) is 2.21. The Labute approximate surface area is 149 Å². The summed E-state index contributed by atoms with van der Waals surface area (Å²) >= 11 is 2.08. The fourth-order valence-corrected chi connectivity index (χ4v) is 3.59. The molecule has 124 valence electrons. The second kappa shape index (κ2) is 10.9. The van der Waals surface area contributed by atoms with Gasteiger partial charge < -0.3 is 19.7 Å². The van der Waals surface area contributed by atoms with Gasteiger partial charge in [-0.2, -0.15) is 11.8 Å². The largest absolute Gasteiger partial charge is 0.376 e. The van der Waals surface area contributed by atoms with Crippen LogP contribution < -0.4 is 5.32 Å². The lowest BCUT2D eigenvalue weighted by Gasteiger charge is -2.34. The molecule has 2 unspecified atom stereocenters. The molecular weight excluding hydrogens is 401 g/mol. The van der Waals surface area contributed by atoms with E-state index in [1.165, 1.54) is 12.2 Å². The first-order chi connectivity index (χ1) is 9.83. The van der Waals surface area contributed by atoms with Gasteiger partial charge >= 0.3 is 0 Å². The molecule has 2 fully saturated rings. The van der Waals surface area contributed by atoms with Crippen molar-refractivity contribution in [2.24, 2.45) is 4.99 Å². The van der Waals surface area contributed by atoms with Gasteiger partial charge in [-0.15, -0.1) is 24.0 Å². The number of halogens is 1. The minimum absolute atomic E-state index is 0. The topological polar surface area (TPSA) is 46.1 Å². The van der Waals surface area contributed by atoms with Crippen molar-refractivity contribution in [2.75, 3.05) is 51.8 Å². The van der Waals surface area contributed by atoms with Crippen molar-refractivity contribution in [2.45, 2.75) is 31.6 Å². The Morgan fingerprint density at radius 3 is 2.90 bits per heavy atom. The number of guanidine groups is 1. The molecule has 2 atom stereocenters. The molecular formula is C14H28IN3O2S. The van der Waals surface area contributed by atoms with E-state index in [4.69, 9.17) is 14.5 Å². The maximum absolute atomic E-state index is 5.65. The normalized spacial score (nSPS) is 27.1. The van der Waals surface area contributed by atoms with Crippen LogP contribution in [0.2, 0.25) is 0 Å². The van der Waals surface area contributed by atoms with Gasteiger partial charge in [-0.05, 0) is 13.3 Å². The Hall–Kier alpha value is 0.270. The Balaban J connectivity index is 0.00000220. The van der Waals surface area contributed by atoms with E-state index in [1.54, 1.807) is 0 Å². The summed E-state index contributed by atoms with van der Waals surface area (Å²) in [5, 5.41) is 4.13. The Morgan fingerprint density at radius 2 is 2.24 bits per heavy atom. The second-order valence-corrected chi connectivity index (χ2v) is 6.52. The van der Waals surface area contributed by atoms with Crippen LogP contribution in [0.5, 0.6) is 0 Å². The van der Waals surface area contributed by atoms with E-state index in [9.17, 15) is 0 Å². The average molecular weight is 429 g/mol. The van der Waals surface area contributed by atoms with E-state index in [1.807, 2.05) is 0 Å². The van der Waals surface area contributed by atoms with Crippen LogP contribution >= 0.6 is 35.7 Å². The number of rotatable bonds is 4. The molecule has 5 nitrogen and oxygen atoms in total. The fourth-order valence-electron chi connectivity index (χ4n) is 2.41. The van der Waals surface area contributed by atoms with Crippen LogP contribution in [0.1, 0.15) is 20.3 Å². The van der Waals surface area contributed by atoms with E-state index < -0.39 is 0 Å². The molecule has 0 radical (unpaired) electrons. The third-order valence-corrected chi connectivity index (χ3v) is 4.93. The van der Waals surface area contributed by atoms with Crippen LogP contribution in [0.25, 0.3) is 0 Å². The van der Waals surface area contributed by atoms with Gasteiger partial charge in [-0.1, -0.05) is 6.92 Å². The summed E-state index contributed by atoms with van der Waals surface area (Å²) in [4.78, 5) is 7.13. The maximum Gasteiger partial charge on any atom is 0.194 e. The molecule has 7 heteroatoms. The summed E-state index contributed by atoms with van der Waals surface area (Å²) in [6.45, 7) is 10.2. The number of nitrogens with zero attached hydrogens (tertiary/aromatic N) is 2. The molecule has 2 heterocycles. The Kier molecular flexibility index (Phi) is 10.0. The van der Waals surface area contributed by atoms with Crippen LogP contribution in [-0.4, -0.2) is 74.0 Å². The smallest absolute Gasteiger partial charge is 0.194 e. The van der Waals surface area contributed by atoms with Gasteiger partial charge in [-0.3, -0.25) is 4.99 Å². The summed E-state index contributed by atoms with van der Waals surface area (Å²) < 4.78 is 11.1. The van der Waals surface area contributed by atoms with E-state index in [0.29, 0.717) is 26.4 Å². The molecule has 2 rings (SSSR count). The van der Waals surface area contributed by atoms with Crippen molar-refractivity contribution in [1.29, 1.82) is 0 Å². The fraction of sp³-hybridized carbons (Fsp3) is 0.929. The monoisotopic (exact) mass is 429 g/mol. The van der Waals surface area contributed by atoms with Crippen molar-refractivity contribution >= 4 is 41.7 Å². The van der Waals surface area contributed by atoms with Crippen LogP contribution in [0.4, 0.5) is 0 Å². The quantitative estimate of drug-likeness (QED) is 0.420. The number of thioether (sulfide) groups is 1. The molecule has 2 aliphatic rings. The summed E-state index contributed by atoms with van der Waals surface area (Å²) in [5.41, 5.74) is 0. The minimum Gasteiger partial charge on any atom is -0.376 e. The zero-order valence-electron chi connectivity index (χ0n) is 13.0. The maximum atomic E-state index is 5.65. The third kappa shape index (κ3) is 6.50. The zero-order chi connectivity index (χ0) is 14.2. The van der Waals surface area contributed by atoms with Gasteiger partial charge in [0.25, 0.3) is 0 Å². The van der Waals surface area contributed by atoms with Crippen LogP contribution in [0, 0.1) is 0 Å². The standard InChI is InChI=1S/C14H27N3O2S.HI/c1-3-13-10-17(5-8-20-13)14(15-4-2)16-9-12-11-18-6-7-19-12;/h12-13H,3-11H2,1-2H3,(H,15,16);1H. The molecule has 0 spiro atoms. The van der Waals surface area contributed by atoms with E-state index >= 15 is 0 Å².